The van der Waals surface area contributed by atoms with Gasteiger partial charge in [-0.15, -0.1) is 0 Å². The molecule has 0 aromatic carbocycles. The molecule has 9 nitrogen and oxygen atoms in total. The van der Waals surface area contributed by atoms with Crippen molar-refractivity contribution < 1.29 is 58.6 Å². The Balaban J connectivity index is 0.00000156. The van der Waals surface area contributed by atoms with E-state index in [1.807, 2.05) is 6.92 Å². The van der Waals surface area contributed by atoms with Crippen LogP contribution < -0.4 is 5.69 Å². The van der Waals surface area contributed by atoms with Gasteiger partial charge in [-0.25, -0.2) is 14.5 Å². The quantitative estimate of drug-likeness (QED) is 0.556. The number of ether oxygens (including phenoxy) is 2. The number of rotatable bonds is 3. The average molecular weight is 532 g/mol. The van der Waals surface area contributed by atoms with Gasteiger partial charge in [-0.3, -0.25) is 4.57 Å². The van der Waals surface area contributed by atoms with Crippen molar-refractivity contribution in [2.45, 2.75) is 37.4 Å². The summed E-state index contributed by atoms with van der Waals surface area (Å²) in [6, 6.07) is 1.64. The first kappa shape index (κ1) is 17.2. The van der Waals surface area contributed by atoms with E-state index in [0.717, 1.165) is 0 Å². The van der Waals surface area contributed by atoms with E-state index in [0.29, 0.717) is 18.8 Å². The standard InChI is InChI=1S/C13H15N5O4.Ac/c1-2-13-5-21-9(10(13)19)11(22-13)17-4-3-8(16-12(17)20)18-7-14-6-15-18;/h3-4,6-7,9-11,19H,2,5H2,1H3;/t9?,10?,11-,13+;/m1./s1. The number of hydrogen-bond donors (Lipinski definition) is 1. The van der Waals surface area contributed by atoms with E-state index in [1.54, 1.807) is 12.3 Å². The molecule has 4 rings (SSSR count). The summed E-state index contributed by atoms with van der Waals surface area (Å²) in [5.74, 6) is 0.369. The minimum absolute atomic E-state index is 0. The molecule has 0 amide bonds. The zero-order valence-corrected chi connectivity index (χ0v) is 17.2. The van der Waals surface area contributed by atoms with Crippen LogP contribution in [0.2, 0.25) is 0 Å². The molecule has 1 N–H and O–H groups in total. The molecule has 0 aliphatic carbocycles. The molecule has 23 heavy (non-hydrogen) atoms. The molecule has 119 valence electrons. The molecule has 2 aromatic rings. The molecule has 0 saturated carbocycles. The normalized spacial score (nSPS) is 32.0. The van der Waals surface area contributed by atoms with Crippen molar-refractivity contribution in [3.63, 3.8) is 0 Å². The maximum Gasteiger partial charge on any atom is 0.351 e. The molecule has 2 unspecified atom stereocenters. The van der Waals surface area contributed by atoms with E-state index < -0.39 is 29.7 Å². The maximum atomic E-state index is 12.3. The molecule has 1 radical (unpaired) electrons. The van der Waals surface area contributed by atoms with E-state index >= 15 is 0 Å². The summed E-state index contributed by atoms with van der Waals surface area (Å²) >= 11 is 0. The fourth-order valence-corrected chi connectivity index (χ4v) is 3.02. The first-order valence-corrected chi connectivity index (χ1v) is 7.06. The molecule has 2 bridgehead atoms. The number of aliphatic hydroxyl groups excluding tert-OH is 1. The molecule has 2 saturated heterocycles. The van der Waals surface area contributed by atoms with Gasteiger partial charge in [0.2, 0.25) is 0 Å². The van der Waals surface area contributed by atoms with E-state index in [4.69, 9.17) is 9.47 Å². The van der Waals surface area contributed by atoms with Crippen LogP contribution in [0.4, 0.5) is 0 Å². The minimum Gasteiger partial charge on any atom is -0.387 e. The SMILES string of the molecule is CC[C@]12COC(C1O)[C@H](n1ccc(-n3cncn3)nc1=O)O2.[Ac]. The third-order valence-electron chi connectivity index (χ3n) is 4.35. The number of aromatic nitrogens is 5. The van der Waals surface area contributed by atoms with Gasteiger partial charge in [-0.05, 0) is 12.5 Å². The van der Waals surface area contributed by atoms with E-state index in [9.17, 15) is 9.90 Å². The van der Waals surface area contributed by atoms with Gasteiger partial charge >= 0.3 is 5.69 Å². The number of aliphatic hydroxyl groups is 1. The summed E-state index contributed by atoms with van der Waals surface area (Å²) in [4.78, 5) is 20.1. The molecule has 2 fully saturated rings. The Hall–Kier alpha value is -0.658. The summed E-state index contributed by atoms with van der Waals surface area (Å²) in [5.41, 5.74) is -1.23. The van der Waals surface area contributed by atoms with E-state index in [-0.39, 0.29) is 44.1 Å². The molecule has 2 aliphatic heterocycles. The first-order chi connectivity index (χ1) is 10.6. The van der Waals surface area contributed by atoms with Crippen molar-refractivity contribution in [2.75, 3.05) is 6.61 Å². The van der Waals surface area contributed by atoms with Crippen LogP contribution in [-0.4, -0.2) is 53.8 Å². The van der Waals surface area contributed by atoms with Gasteiger partial charge in [0.25, 0.3) is 0 Å². The zero-order valence-electron chi connectivity index (χ0n) is 12.4. The van der Waals surface area contributed by atoms with Crippen LogP contribution in [0, 0.1) is 44.1 Å². The van der Waals surface area contributed by atoms with Crippen LogP contribution in [0.5, 0.6) is 0 Å². The molecule has 4 atom stereocenters. The van der Waals surface area contributed by atoms with Crippen molar-refractivity contribution >= 4 is 0 Å². The fraction of sp³-hybridized carbons (Fsp3) is 0.538. The van der Waals surface area contributed by atoms with E-state index in [2.05, 4.69) is 15.1 Å². The Morgan fingerprint density at radius 2 is 2.35 bits per heavy atom. The van der Waals surface area contributed by atoms with Crippen LogP contribution in [0.25, 0.3) is 5.82 Å². The van der Waals surface area contributed by atoms with Crippen LogP contribution in [-0.2, 0) is 9.47 Å². The molecule has 10 heteroatoms. The third-order valence-corrected chi connectivity index (χ3v) is 4.35. The van der Waals surface area contributed by atoms with Crippen molar-refractivity contribution in [1.82, 2.24) is 24.3 Å². The minimum atomic E-state index is -0.746. The maximum absolute atomic E-state index is 12.3. The van der Waals surface area contributed by atoms with Gasteiger partial charge in [0.05, 0.1) is 6.61 Å². The Morgan fingerprint density at radius 3 is 2.96 bits per heavy atom. The predicted octanol–water partition coefficient (Wildman–Crippen LogP) is -0.739. The Bertz CT molecular complexity index is 751. The second kappa shape index (κ2) is 6.33. The molecule has 4 heterocycles. The molecule has 0 spiro atoms. The van der Waals surface area contributed by atoms with Gasteiger partial charge < -0.3 is 14.6 Å². The molecule has 2 aromatic heterocycles. The molecular formula is C13H15AcN5O4. The Morgan fingerprint density at radius 1 is 1.52 bits per heavy atom. The second-order valence-corrected chi connectivity index (χ2v) is 5.46. The van der Waals surface area contributed by atoms with Crippen LogP contribution in [0.3, 0.4) is 0 Å². The monoisotopic (exact) mass is 532 g/mol. The van der Waals surface area contributed by atoms with Crippen molar-refractivity contribution in [3.05, 3.63) is 35.4 Å². The fourth-order valence-electron chi connectivity index (χ4n) is 3.02. The predicted molar refractivity (Wildman–Crippen MR) is 72.3 cm³/mol. The Kier molecular flexibility index (Phi) is 4.73. The topological polar surface area (TPSA) is 104 Å². The van der Waals surface area contributed by atoms with Crippen molar-refractivity contribution in [2.24, 2.45) is 0 Å². The largest absolute Gasteiger partial charge is 0.387 e. The summed E-state index contributed by atoms with van der Waals surface area (Å²) in [7, 11) is 0. The summed E-state index contributed by atoms with van der Waals surface area (Å²) in [5, 5.41) is 14.2. The number of nitrogens with zero attached hydrogens (tertiary/aromatic N) is 5. The van der Waals surface area contributed by atoms with E-state index in [1.165, 1.54) is 21.9 Å². The smallest absolute Gasteiger partial charge is 0.351 e. The summed E-state index contributed by atoms with van der Waals surface area (Å²) in [6.45, 7) is 2.26. The van der Waals surface area contributed by atoms with Gasteiger partial charge in [0.1, 0.15) is 30.5 Å². The zero-order chi connectivity index (χ0) is 15.3. The average Bonchev–Trinajstić information content (AvgIpc) is 3.23. The molecular weight excluding hydrogens is 517 g/mol. The Labute approximate surface area is 167 Å². The van der Waals surface area contributed by atoms with Crippen molar-refractivity contribution in [1.29, 1.82) is 0 Å². The number of hydrogen-bond acceptors (Lipinski definition) is 7. The van der Waals surface area contributed by atoms with Crippen molar-refractivity contribution in [3.8, 4) is 5.82 Å². The van der Waals surface area contributed by atoms with Crippen LogP contribution >= 0.6 is 0 Å². The van der Waals surface area contributed by atoms with Gasteiger partial charge in [0.15, 0.2) is 12.0 Å². The van der Waals surface area contributed by atoms with Crippen LogP contribution in [0.15, 0.2) is 29.7 Å². The third kappa shape index (κ3) is 2.61. The summed E-state index contributed by atoms with van der Waals surface area (Å²) < 4.78 is 14.2. The molecule has 2 aliphatic rings. The van der Waals surface area contributed by atoms with Gasteiger partial charge in [-0.2, -0.15) is 10.1 Å². The van der Waals surface area contributed by atoms with Gasteiger partial charge in [0, 0.05) is 50.3 Å². The number of fused-ring (bicyclic) bond motifs is 2. The first-order valence-electron chi connectivity index (χ1n) is 7.06. The second-order valence-electron chi connectivity index (χ2n) is 5.46. The summed E-state index contributed by atoms with van der Waals surface area (Å²) in [6.07, 6.45) is 3.02. The van der Waals surface area contributed by atoms with Gasteiger partial charge in [-0.1, -0.05) is 6.92 Å². The van der Waals surface area contributed by atoms with Crippen LogP contribution in [0.1, 0.15) is 19.6 Å².